The van der Waals surface area contributed by atoms with Gasteiger partial charge in [-0.25, -0.2) is 0 Å². The van der Waals surface area contributed by atoms with Crippen LogP contribution in [0, 0.1) is 0 Å². The molecule has 3 nitrogen and oxygen atoms in total. The van der Waals surface area contributed by atoms with Crippen LogP contribution in [0.2, 0.25) is 0 Å². The summed E-state index contributed by atoms with van der Waals surface area (Å²) in [5, 5.41) is 13.0. The van der Waals surface area contributed by atoms with Crippen LogP contribution in [0.3, 0.4) is 0 Å². The van der Waals surface area contributed by atoms with Gasteiger partial charge < -0.3 is 10.4 Å². The van der Waals surface area contributed by atoms with Gasteiger partial charge in [-0.2, -0.15) is 13.2 Å². The van der Waals surface area contributed by atoms with Crippen LogP contribution in [-0.2, 0) is 12.7 Å². The van der Waals surface area contributed by atoms with Gasteiger partial charge in [0.05, 0.1) is 11.7 Å². The molecule has 0 saturated heterocycles. The van der Waals surface area contributed by atoms with E-state index in [2.05, 4.69) is 10.3 Å². The number of pyridine rings is 1. The largest absolute Gasteiger partial charge is 0.416 e. The molecular weight excluding hydrogens is 281 g/mol. The summed E-state index contributed by atoms with van der Waals surface area (Å²) < 4.78 is 37.3. The molecule has 1 aromatic heterocycles. The summed E-state index contributed by atoms with van der Waals surface area (Å²) >= 11 is 0. The van der Waals surface area contributed by atoms with E-state index in [-0.39, 0.29) is 6.54 Å². The molecule has 1 heterocycles. The number of rotatable bonds is 5. The number of hydrogen-bond acceptors (Lipinski definition) is 3. The van der Waals surface area contributed by atoms with Crippen molar-refractivity contribution in [3.05, 3.63) is 65.5 Å². The summed E-state index contributed by atoms with van der Waals surface area (Å²) in [7, 11) is 0. The number of aliphatic hydroxyl groups is 1. The van der Waals surface area contributed by atoms with E-state index in [0.29, 0.717) is 12.1 Å². The number of aromatic nitrogens is 1. The zero-order valence-electron chi connectivity index (χ0n) is 11.1. The third kappa shape index (κ3) is 4.54. The third-order valence-electron chi connectivity index (χ3n) is 3.01. The second kappa shape index (κ2) is 6.69. The van der Waals surface area contributed by atoms with E-state index in [1.165, 1.54) is 12.1 Å². The summed E-state index contributed by atoms with van der Waals surface area (Å²) in [6, 6.07) is 8.23. The summed E-state index contributed by atoms with van der Waals surface area (Å²) in [5.41, 5.74) is 0.695. The van der Waals surface area contributed by atoms with Crippen LogP contribution < -0.4 is 5.32 Å². The molecule has 0 saturated carbocycles. The Labute approximate surface area is 120 Å². The smallest absolute Gasteiger partial charge is 0.387 e. The lowest BCUT2D eigenvalue weighted by Crippen LogP contribution is -2.21. The van der Waals surface area contributed by atoms with Crippen molar-refractivity contribution >= 4 is 0 Å². The molecule has 0 fully saturated rings. The number of nitrogens with zero attached hydrogens (tertiary/aromatic N) is 1. The molecule has 21 heavy (non-hydrogen) atoms. The lowest BCUT2D eigenvalue weighted by Gasteiger charge is -2.13. The maximum absolute atomic E-state index is 12.4. The lowest BCUT2D eigenvalue weighted by atomic mass is 10.1. The van der Waals surface area contributed by atoms with Crippen molar-refractivity contribution in [2.24, 2.45) is 0 Å². The highest BCUT2D eigenvalue weighted by molar-refractivity contribution is 5.26. The average molecular weight is 296 g/mol. The first-order valence-corrected chi connectivity index (χ1v) is 6.41. The van der Waals surface area contributed by atoms with Crippen molar-refractivity contribution in [2.45, 2.75) is 18.8 Å². The molecule has 0 aliphatic carbocycles. The second-order valence-electron chi connectivity index (χ2n) is 4.63. The number of hydrogen-bond donors (Lipinski definition) is 2. The van der Waals surface area contributed by atoms with Crippen molar-refractivity contribution in [1.82, 2.24) is 10.3 Å². The molecular formula is C15H15F3N2O. The standard InChI is InChI=1S/C15H15F3N2O/c16-15(17,18)13-5-3-12(4-6-13)14(21)10-20-9-11-2-1-7-19-8-11/h1-8,14,20-21H,9-10H2. The van der Waals surface area contributed by atoms with Gasteiger partial charge in [0.2, 0.25) is 0 Å². The van der Waals surface area contributed by atoms with Crippen molar-refractivity contribution in [2.75, 3.05) is 6.54 Å². The fourth-order valence-electron chi connectivity index (χ4n) is 1.87. The quantitative estimate of drug-likeness (QED) is 0.891. The van der Waals surface area contributed by atoms with Crippen molar-refractivity contribution in [1.29, 1.82) is 0 Å². The van der Waals surface area contributed by atoms with Crippen LogP contribution in [0.5, 0.6) is 0 Å². The first kappa shape index (κ1) is 15.5. The Bertz CT molecular complexity index is 555. The maximum atomic E-state index is 12.4. The van der Waals surface area contributed by atoms with Gasteiger partial charge in [0, 0.05) is 25.5 Å². The summed E-state index contributed by atoms with van der Waals surface area (Å²) in [4.78, 5) is 3.96. The van der Waals surface area contributed by atoms with E-state index in [4.69, 9.17) is 0 Å². The van der Waals surface area contributed by atoms with E-state index >= 15 is 0 Å². The van der Waals surface area contributed by atoms with Crippen LogP contribution in [0.4, 0.5) is 13.2 Å². The fourth-order valence-corrected chi connectivity index (χ4v) is 1.87. The highest BCUT2D eigenvalue weighted by atomic mass is 19.4. The second-order valence-corrected chi connectivity index (χ2v) is 4.63. The number of halogens is 3. The minimum Gasteiger partial charge on any atom is -0.387 e. The number of aliphatic hydroxyl groups excluding tert-OH is 1. The van der Waals surface area contributed by atoms with Gasteiger partial charge in [-0.05, 0) is 29.3 Å². The van der Waals surface area contributed by atoms with E-state index in [9.17, 15) is 18.3 Å². The van der Waals surface area contributed by atoms with Crippen LogP contribution in [0.1, 0.15) is 22.8 Å². The monoisotopic (exact) mass is 296 g/mol. The Morgan fingerprint density at radius 1 is 1.14 bits per heavy atom. The SMILES string of the molecule is OC(CNCc1cccnc1)c1ccc(C(F)(F)F)cc1. The Balaban J connectivity index is 1.87. The molecule has 2 N–H and O–H groups in total. The van der Waals surface area contributed by atoms with Crippen LogP contribution in [0.25, 0.3) is 0 Å². The van der Waals surface area contributed by atoms with Crippen molar-refractivity contribution < 1.29 is 18.3 Å². The minimum absolute atomic E-state index is 0.250. The van der Waals surface area contributed by atoms with Gasteiger partial charge in [-0.1, -0.05) is 18.2 Å². The predicted octanol–water partition coefficient (Wildman–Crippen LogP) is 2.92. The summed E-state index contributed by atoms with van der Waals surface area (Å²) in [5.74, 6) is 0. The van der Waals surface area contributed by atoms with E-state index in [1.54, 1.807) is 12.4 Å². The Kier molecular flexibility index (Phi) is 4.93. The minimum atomic E-state index is -4.36. The summed E-state index contributed by atoms with van der Waals surface area (Å²) in [6.45, 7) is 0.784. The number of alkyl halides is 3. The first-order chi connectivity index (χ1) is 9.97. The molecule has 1 aromatic carbocycles. The van der Waals surface area contributed by atoms with Gasteiger partial charge in [0.25, 0.3) is 0 Å². The zero-order chi connectivity index (χ0) is 15.3. The van der Waals surface area contributed by atoms with Gasteiger partial charge in [0.1, 0.15) is 0 Å². The van der Waals surface area contributed by atoms with Gasteiger partial charge in [-0.3, -0.25) is 4.98 Å². The van der Waals surface area contributed by atoms with Crippen LogP contribution in [0.15, 0.2) is 48.8 Å². The van der Waals surface area contributed by atoms with E-state index < -0.39 is 17.8 Å². The lowest BCUT2D eigenvalue weighted by molar-refractivity contribution is -0.137. The van der Waals surface area contributed by atoms with E-state index in [1.807, 2.05) is 12.1 Å². The van der Waals surface area contributed by atoms with Gasteiger partial charge in [0.15, 0.2) is 0 Å². The molecule has 2 rings (SSSR count). The molecule has 6 heteroatoms. The molecule has 2 aromatic rings. The predicted molar refractivity (Wildman–Crippen MR) is 72.3 cm³/mol. The van der Waals surface area contributed by atoms with Crippen molar-refractivity contribution in [3.63, 3.8) is 0 Å². The van der Waals surface area contributed by atoms with Crippen molar-refractivity contribution in [3.8, 4) is 0 Å². The van der Waals surface area contributed by atoms with E-state index in [0.717, 1.165) is 17.7 Å². The average Bonchev–Trinajstić information content (AvgIpc) is 2.47. The Morgan fingerprint density at radius 2 is 1.86 bits per heavy atom. The molecule has 0 amide bonds. The highest BCUT2D eigenvalue weighted by Crippen LogP contribution is 2.29. The van der Waals surface area contributed by atoms with Crippen LogP contribution >= 0.6 is 0 Å². The molecule has 1 atom stereocenters. The third-order valence-corrected chi connectivity index (χ3v) is 3.01. The number of benzene rings is 1. The summed E-state index contributed by atoms with van der Waals surface area (Å²) in [6.07, 6.45) is -1.84. The normalized spacial score (nSPS) is 13.1. The van der Waals surface area contributed by atoms with Crippen LogP contribution in [-0.4, -0.2) is 16.6 Å². The Morgan fingerprint density at radius 3 is 2.43 bits per heavy atom. The molecule has 0 aliphatic rings. The fraction of sp³-hybridized carbons (Fsp3) is 0.267. The Hall–Kier alpha value is -1.92. The molecule has 1 unspecified atom stereocenters. The molecule has 0 aliphatic heterocycles. The molecule has 112 valence electrons. The zero-order valence-corrected chi connectivity index (χ0v) is 11.1. The molecule has 0 radical (unpaired) electrons. The van der Waals surface area contributed by atoms with Gasteiger partial charge in [-0.15, -0.1) is 0 Å². The first-order valence-electron chi connectivity index (χ1n) is 6.41. The topological polar surface area (TPSA) is 45.1 Å². The number of nitrogens with one attached hydrogen (secondary N) is 1. The molecule has 0 bridgehead atoms. The highest BCUT2D eigenvalue weighted by Gasteiger charge is 2.30. The molecule has 0 spiro atoms. The van der Waals surface area contributed by atoms with Gasteiger partial charge >= 0.3 is 6.18 Å². The maximum Gasteiger partial charge on any atom is 0.416 e.